The molecular formula is C18H21N7O2. The van der Waals surface area contributed by atoms with Crippen LogP contribution >= 0.6 is 0 Å². The number of aryl methyl sites for hydroxylation is 2. The van der Waals surface area contributed by atoms with E-state index in [0.29, 0.717) is 5.95 Å². The van der Waals surface area contributed by atoms with Crippen LogP contribution < -0.4 is 11.1 Å². The number of carbonyl (C=O) groups excluding carboxylic acids is 1. The Morgan fingerprint density at radius 2 is 1.93 bits per heavy atom. The van der Waals surface area contributed by atoms with E-state index in [1.807, 2.05) is 51.2 Å². The second-order valence-electron chi connectivity index (χ2n) is 6.03. The zero-order valence-electron chi connectivity index (χ0n) is 15.4. The minimum atomic E-state index is -0.384. The Morgan fingerprint density at radius 3 is 2.59 bits per heavy atom. The van der Waals surface area contributed by atoms with Gasteiger partial charge in [0.2, 0.25) is 11.9 Å². The molecule has 0 saturated heterocycles. The molecule has 0 aliphatic rings. The van der Waals surface area contributed by atoms with Crippen LogP contribution in [0.3, 0.4) is 0 Å². The Balaban J connectivity index is 1.64. The van der Waals surface area contributed by atoms with Crippen LogP contribution in [-0.2, 0) is 29.6 Å². The van der Waals surface area contributed by atoms with E-state index in [1.165, 1.54) is 0 Å². The normalized spacial score (nSPS) is 10.6. The summed E-state index contributed by atoms with van der Waals surface area (Å²) in [7, 11) is 1.84. The summed E-state index contributed by atoms with van der Waals surface area (Å²) in [5.41, 5.74) is 9.15. The lowest BCUT2D eigenvalue weighted by Crippen LogP contribution is -2.13. The van der Waals surface area contributed by atoms with E-state index in [4.69, 9.17) is 10.5 Å². The standard InChI is InChI=1S/C18H21N7O2/c1-11-14(12(2)25(3)24-11)9-16(26)27-10-15-21-17(19)23-18(22-15)20-13-7-5-4-6-8-13/h4-8H,9-10H2,1-3H3,(H3,19,20,21,22,23). The molecule has 9 heteroatoms. The monoisotopic (exact) mass is 367 g/mol. The molecule has 0 amide bonds. The van der Waals surface area contributed by atoms with Gasteiger partial charge in [0.15, 0.2) is 12.4 Å². The molecule has 0 bridgehead atoms. The number of carbonyl (C=O) groups is 1. The summed E-state index contributed by atoms with van der Waals surface area (Å²) in [5, 5.41) is 7.33. The van der Waals surface area contributed by atoms with E-state index < -0.39 is 0 Å². The van der Waals surface area contributed by atoms with Gasteiger partial charge in [0.05, 0.1) is 12.1 Å². The van der Waals surface area contributed by atoms with Gasteiger partial charge in [-0.05, 0) is 26.0 Å². The lowest BCUT2D eigenvalue weighted by atomic mass is 10.1. The van der Waals surface area contributed by atoms with Crippen molar-refractivity contribution in [3.8, 4) is 0 Å². The van der Waals surface area contributed by atoms with Crippen molar-refractivity contribution in [3.63, 3.8) is 0 Å². The number of aromatic nitrogens is 5. The van der Waals surface area contributed by atoms with Gasteiger partial charge in [-0.25, -0.2) is 0 Å². The summed E-state index contributed by atoms with van der Waals surface area (Å²) in [6, 6.07) is 9.43. The molecule has 0 atom stereocenters. The van der Waals surface area contributed by atoms with Gasteiger partial charge in [-0.15, -0.1) is 0 Å². The van der Waals surface area contributed by atoms with Gasteiger partial charge >= 0.3 is 5.97 Å². The van der Waals surface area contributed by atoms with Crippen molar-refractivity contribution >= 4 is 23.6 Å². The summed E-state index contributed by atoms with van der Waals surface area (Å²) in [5.74, 6) is 0.229. The second-order valence-corrected chi connectivity index (χ2v) is 6.03. The highest BCUT2D eigenvalue weighted by molar-refractivity contribution is 5.73. The predicted molar refractivity (Wildman–Crippen MR) is 100 cm³/mol. The average Bonchev–Trinajstić information content (AvgIpc) is 2.86. The van der Waals surface area contributed by atoms with Gasteiger partial charge in [-0.3, -0.25) is 9.48 Å². The third-order valence-electron chi connectivity index (χ3n) is 4.07. The summed E-state index contributed by atoms with van der Waals surface area (Å²) in [6.07, 6.45) is 0.140. The fourth-order valence-corrected chi connectivity index (χ4v) is 2.62. The van der Waals surface area contributed by atoms with Crippen LogP contribution in [0.2, 0.25) is 0 Å². The van der Waals surface area contributed by atoms with Crippen LogP contribution in [0.25, 0.3) is 0 Å². The number of anilines is 3. The number of hydrogen-bond donors (Lipinski definition) is 2. The van der Waals surface area contributed by atoms with Crippen molar-refractivity contribution in [2.45, 2.75) is 26.9 Å². The van der Waals surface area contributed by atoms with Gasteiger partial charge in [-0.1, -0.05) is 18.2 Å². The second kappa shape index (κ2) is 7.81. The molecule has 27 heavy (non-hydrogen) atoms. The minimum Gasteiger partial charge on any atom is -0.457 e. The van der Waals surface area contributed by atoms with Gasteiger partial charge in [-0.2, -0.15) is 20.1 Å². The zero-order valence-corrected chi connectivity index (χ0v) is 15.4. The predicted octanol–water partition coefficient (Wildman–Crippen LogP) is 1.83. The van der Waals surface area contributed by atoms with E-state index in [0.717, 1.165) is 22.6 Å². The quantitative estimate of drug-likeness (QED) is 0.633. The summed E-state index contributed by atoms with van der Waals surface area (Å²) in [6.45, 7) is 3.69. The largest absolute Gasteiger partial charge is 0.457 e. The lowest BCUT2D eigenvalue weighted by molar-refractivity contribution is -0.144. The number of nitrogens with one attached hydrogen (secondary N) is 1. The first-order valence-electron chi connectivity index (χ1n) is 8.39. The van der Waals surface area contributed by atoms with Gasteiger partial charge in [0.1, 0.15) is 0 Å². The lowest BCUT2D eigenvalue weighted by Gasteiger charge is -2.08. The van der Waals surface area contributed by atoms with Crippen LogP contribution in [0, 0.1) is 13.8 Å². The van der Waals surface area contributed by atoms with Gasteiger partial charge < -0.3 is 15.8 Å². The SMILES string of the molecule is Cc1nn(C)c(C)c1CC(=O)OCc1nc(N)nc(Nc2ccccc2)n1. The highest BCUT2D eigenvalue weighted by Gasteiger charge is 2.15. The Labute approximate surface area is 156 Å². The van der Waals surface area contributed by atoms with E-state index in [1.54, 1.807) is 4.68 Å². The third-order valence-corrected chi connectivity index (χ3v) is 4.07. The number of para-hydroxylation sites is 1. The molecule has 0 saturated carbocycles. The van der Waals surface area contributed by atoms with Crippen molar-refractivity contribution in [2.75, 3.05) is 11.1 Å². The number of nitrogens with two attached hydrogens (primary N) is 1. The molecule has 140 valence electrons. The molecule has 3 N–H and O–H groups in total. The maximum atomic E-state index is 12.2. The summed E-state index contributed by atoms with van der Waals surface area (Å²) >= 11 is 0. The molecular weight excluding hydrogens is 346 g/mol. The molecule has 0 radical (unpaired) electrons. The number of rotatable bonds is 6. The van der Waals surface area contributed by atoms with Crippen molar-refractivity contribution in [3.05, 3.63) is 53.1 Å². The maximum Gasteiger partial charge on any atom is 0.310 e. The molecule has 0 unspecified atom stereocenters. The fraction of sp³-hybridized carbons (Fsp3) is 0.278. The number of nitrogens with zero attached hydrogens (tertiary/aromatic N) is 5. The molecule has 9 nitrogen and oxygen atoms in total. The number of benzene rings is 1. The molecule has 3 aromatic rings. The Bertz CT molecular complexity index is 954. The van der Waals surface area contributed by atoms with E-state index >= 15 is 0 Å². The van der Waals surface area contributed by atoms with E-state index in [9.17, 15) is 4.79 Å². The number of hydrogen-bond acceptors (Lipinski definition) is 8. The molecule has 0 fully saturated rings. The smallest absolute Gasteiger partial charge is 0.310 e. The van der Waals surface area contributed by atoms with Crippen LogP contribution in [-0.4, -0.2) is 30.7 Å². The van der Waals surface area contributed by atoms with Crippen molar-refractivity contribution in [1.82, 2.24) is 24.7 Å². The van der Waals surface area contributed by atoms with Crippen LogP contribution in [0.5, 0.6) is 0 Å². The molecule has 1 aromatic carbocycles. The van der Waals surface area contributed by atoms with E-state index in [2.05, 4.69) is 25.4 Å². The van der Waals surface area contributed by atoms with Gasteiger partial charge in [0, 0.05) is 24.0 Å². The summed E-state index contributed by atoms with van der Waals surface area (Å²) in [4.78, 5) is 24.5. The Kier molecular flexibility index (Phi) is 5.30. The number of nitrogen functional groups attached to an aromatic ring is 1. The molecule has 0 aliphatic carbocycles. The van der Waals surface area contributed by atoms with Crippen LogP contribution in [0.4, 0.5) is 17.6 Å². The number of ether oxygens (including phenoxy) is 1. The Hall–Kier alpha value is -3.49. The first-order valence-corrected chi connectivity index (χ1v) is 8.39. The number of esters is 1. The highest BCUT2D eigenvalue weighted by atomic mass is 16.5. The average molecular weight is 367 g/mol. The highest BCUT2D eigenvalue weighted by Crippen LogP contribution is 2.15. The first-order chi connectivity index (χ1) is 12.9. The molecule has 2 heterocycles. The van der Waals surface area contributed by atoms with Crippen molar-refractivity contribution < 1.29 is 9.53 Å². The summed E-state index contributed by atoms with van der Waals surface area (Å²) < 4.78 is 7.04. The fourth-order valence-electron chi connectivity index (χ4n) is 2.62. The van der Waals surface area contributed by atoms with E-state index in [-0.39, 0.29) is 30.8 Å². The molecule has 0 aliphatic heterocycles. The van der Waals surface area contributed by atoms with Crippen molar-refractivity contribution in [2.24, 2.45) is 7.05 Å². The maximum absolute atomic E-state index is 12.2. The molecule has 3 rings (SSSR count). The third kappa shape index (κ3) is 4.57. The molecule has 0 spiro atoms. The topological polar surface area (TPSA) is 121 Å². The molecule has 2 aromatic heterocycles. The van der Waals surface area contributed by atoms with Crippen LogP contribution in [0.15, 0.2) is 30.3 Å². The van der Waals surface area contributed by atoms with Crippen molar-refractivity contribution in [1.29, 1.82) is 0 Å². The first kappa shape index (κ1) is 18.3. The Morgan fingerprint density at radius 1 is 1.19 bits per heavy atom. The van der Waals surface area contributed by atoms with Crippen LogP contribution in [0.1, 0.15) is 22.8 Å². The zero-order chi connectivity index (χ0) is 19.4. The minimum absolute atomic E-state index is 0.0495. The van der Waals surface area contributed by atoms with Gasteiger partial charge in [0.25, 0.3) is 0 Å².